The third kappa shape index (κ3) is 1.09. The van der Waals surface area contributed by atoms with Gasteiger partial charge in [-0.25, -0.2) is 9.37 Å². The summed E-state index contributed by atoms with van der Waals surface area (Å²) < 4.78 is 14.1. The number of hydrogen-bond acceptors (Lipinski definition) is 2. The molecule has 2 rings (SSSR count). The summed E-state index contributed by atoms with van der Waals surface area (Å²) in [5, 5.41) is 0. The molecule has 0 aromatic carbocycles. The molecule has 0 saturated heterocycles. The minimum absolute atomic E-state index is 0.183. The Hall–Kier alpha value is -0.670. The number of aryl methyl sites for hydroxylation is 1. The van der Waals surface area contributed by atoms with E-state index < -0.39 is 5.82 Å². The molecule has 0 amide bonds. The van der Waals surface area contributed by atoms with Gasteiger partial charge < -0.3 is 0 Å². The summed E-state index contributed by atoms with van der Waals surface area (Å²) in [5.41, 5.74) is 1.18. The van der Waals surface area contributed by atoms with Gasteiger partial charge in [-0.1, -0.05) is 11.6 Å². The van der Waals surface area contributed by atoms with E-state index in [4.69, 9.17) is 11.6 Å². The topological polar surface area (TPSA) is 12.9 Å². The molecule has 0 N–H and O–H groups in total. The van der Waals surface area contributed by atoms with Gasteiger partial charge in [0.05, 0.1) is 4.70 Å². The van der Waals surface area contributed by atoms with Crippen molar-refractivity contribution in [1.29, 1.82) is 0 Å². The second kappa shape index (κ2) is 2.68. The maximum atomic E-state index is 13.2. The lowest BCUT2D eigenvalue weighted by Crippen LogP contribution is -1.80. The van der Waals surface area contributed by atoms with E-state index in [9.17, 15) is 4.39 Å². The number of hydrogen-bond donors (Lipinski definition) is 0. The van der Waals surface area contributed by atoms with Crippen LogP contribution in [0.15, 0.2) is 12.1 Å². The smallest absolute Gasteiger partial charge is 0.178 e. The van der Waals surface area contributed by atoms with Crippen molar-refractivity contribution in [1.82, 2.24) is 4.98 Å². The van der Waals surface area contributed by atoms with Gasteiger partial charge in [-0.05, 0) is 19.1 Å². The molecule has 4 heteroatoms. The van der Waals surface area contributed by atoms with Crippen LogP contribution >= 0.6 is 22.9 Å². The quantitative estimate of drug-likeness (QED) is 0.637. The van der Waals surface area contributed by atoms with E-state index in [1.165, 1.54) is 11.3 Å². The van der Waals surface area contributed by atoms with E-state index in [1.807, 2.05) is 19.1 Å². The Labute approximate surface area is 77.8 Å². The van der Waals surface area contributed by atoms with Crippen molar-refractivity contribution in [3.05, 3.63) is 28.0 Å². The van der Waals surface area contributed by atoms with Crippen molar-refractivity contribution in [2.75, 3.05) is 0 Å². The first kappa shape index (κ1) is 7.95. The molecule has 0 radical (unpaired) electrons. The number of rotatable bonds is 0. The molecule has 0 fully saturated rings. The Morgan fingerprint density at radius 3 is 3.00 bits per heavy atom. The molecular formula is C8H5ClFNS. The minimum atomic E-state index is -0.402. The van der Waals surface area contributed by atoms with Gasteiger partial charge in [0.1, 0.15) is 9.85 Å². The number of aromatic nitrogens is 1. The highest BCUT2D eigenvalue weighted by Crippen LogP contribution is 2.32. The molecule has 0 aliphatic rings. The first-order valence-corrected chi connectivity index (χ1v) is 4.59. The van der Waals surface area contributed by atoms with Crippen molar-refractivity contribution in [2.45, 2.75) is 6.92 Å². The van der Waals surface area contributed by atoms with Crippen molar-refractivity contribution < 1.29 is 4.39 Å². The van der Waals surface area contributed by atoms with Crippen LogP contribution in [0.3, 0.4) is 0 Å². The molecule has 0 unspecified atom stereocenters. The molecule has 0 bridgehead atoms. The second-order valence-corrected chi connectivity index (χ2v) is 4.14. The highest BCUT2D eigenvalue weighted by atomic mass is 35.5. The van der Waals surface area contributed by atoms with E-state index >= 15 is 0 Å². The highest BCUT2D eigenvalue weighted by molar-refractivity contribution is 7.22. The number of thiophene rings is 1. The Balaban J connectivity index is 2.88. The van der Waals surface area contributed by atoms with Crippen LogP contribution in [0.1, 0.15) is 5.69 Å². The van der Waals surface area contributed by atoms with Gasteiger partial charge in [-0.2, -0.15) is 0 Å². The third-order valence-corrected chi connectivity index (χ3v) is 2.88. The zero-order valence-electron chi connectivity index (χ0n) is 6.27. The molecule has 0 atom stereocenters. The average molecular weight is 202 g/mol. The maximum Gasteiger partial charge on any atom is 0.178 e. The maximum absolute atomic E-state index is 13.2. The van der Waals surface area contributed by atoms with Gasteiger partial charge >= 0.3 is 0 Å². The summed E-state index contributed by atoms with van der Waals surface area (Å²) in [7, 11) is 0. The van der Waals surface area contributed by atoms with Crippen LogP contribution in [0.4, 0.5) is 4.39 Å². The first-order chi connectivity index (χ1) is 5.68. The normalized spacial score (nSPS) is 10.9. The van der Waals surface area contributed by atoms with Crippen LogP contribution in [0.2, 0.25) is 4.34 Å². The molecule has 0 aliphatic heterocycles. The Kier molecular flexibility index (Phi) is 1.77. The molecular weight excluding hydrogens is 197 g/mol. The predicted molar refractivity (Wildman–Crippen MR) is 49.3 cm³/mol. The third-order valence-electron chi connectivity index (χ3n) is 1.58. The minimum Gasteiger partial charge on any atom is -0.249 e. The monoisotopic (exact) mass is 201 g/mol. The van der Waals surface area contributed by atoms with Crippen LogP contribution in [0.25, 0.3) is 10.2 Å². The number of nitrogens with zero attached hydrogens (tertiary/aromatic N) is 1. The van der Waals surface area contributed by atoms with Crippen LogP contribution in [-0.4, -0.2) is 4.98 Å². The van der Waals surface area contributed by atoms with Crippen molar-refractivity contribution in [3.63, 3.8) is 0 Å². The Morgan fingerprint density at radius 2 is 2.25 bits per heavy atom. The van der Waals surface area contributed by atoms with Crippen LogP contribution in [0.5, 0.6) is 0 Å². The summed E-state index contributed by atoms with van der Waals surface area (Å²) in [6, 6.07) is 3.67. The van der Waals surface area contributed by atoms with E-state index in [0.29, 0.717) is 5.52 Å². The predicted octanol–water partition coefficient (Wildman–Crippen LogP) is 3.40. The second-order valence-electron chi connectivity index (χ2n) is 2.49. The Bertz CT molecular complexity index is 438. The van der Waals surface area contributed by atoms with Gasteiger partial charge in [-0.15, -0.1) is 11.3 Å². The van der Waals surface area contributed by atoms with Crippen LogP contribution in [-0.2, 0) is 0 Å². The number of halogens is 2. The van der Waals surface area contributed by atoms with Crippen LogP contribution < -0.4 is 0 Å². The summed E-state index contributed by atoms with van der Waals surface area (Å²) in [6.45, 7) is 1.82. The lowest BCUT2D eigenvalue weighted by molar-refractivity contribution is 0.641. The van der Waals surface area contributed by atoms with Gasteiger partial charge in [0.15, 0.2) is 5.82 Å². The van der Waals surface area contributed by atoms with E-state index in [1.54, 1.807) is 0 Å². The molecule has 12 heavy (non-hydrogen) atoms. The molecule has 0 saturated carbocycles. The van der Waals surface area contributed by atoms with Gasteiger partial charge in [0.2, 0.25) is 0 Å². The zero-order valence-corrected chi connectivity index (χ0v) is 7.84. The van der Waals surface area contributed by atoms with E-state index in [2.05, 4.69) is 4.98 Å². The molecule has 1 nitrogen and oxygen atoms in total. The fourth-order valence-electron chi connectivity index (χ4n) is 1.02. The van der Waals surface area contributed by atoms with E-state index in [0.717, 1.165) is 10.4 Å². The highest BCUT2D eigenvalue weighted by Gasteiger charge is 2.10. The average Bonchev–Trinajstić information content (AvgIpc) is 2.31. The Morgan fingerprint density at radius 1 is 1.50 bits per heavy atom. The van der Waals surface area contributed by atoms with E-state index in [-0.39, 0.29) is 4.34 Å². The van der Waals surface area contributed by atoms with Crippen molar-refractivity contribution in [3.8, 4) is 0 Å². The summed E-state index contributed by atoms with van der Waals surface area (Å²) >= 11 is 6.82. The SMILES string of the molecule is Cc1ccc2sc(Cl)c(F)c2n1. The van der Waals surface area contributed by atoms with Crippen molar-refractivity contribution in [2.24, 2.45) is 0 Å². The molecule has 0 spiro atoms. The fraction of sp³-hybridized carbons (Fsp3) is 0.125. The molecule has 62 valence electrons. The van der Waals surface area contributed by atoms with Gasteiger partial charge in [0.25, 0.3) is 0 Å². The largest absolute Gasteiger partial charge is 0.249 e. The summed E-state index contributed by atoms with van der Waals surface area (Å²) in [4.78, 5) is 4.05. The molecule has 2 aromatic rings. The molecule has 0 aliphatic carbocycles. The summed E-state index contributed by atoms with van der Waals surface area (Å²) in [5.74, 6) is -0.402. The lowest BCUT2D eigenvalue weighted by Gasteiger charge is -1.90. The summed E-state index contributed by atoms with van der Waals surface area (Å²) in [6.07, 6.45) is 0. The zero-order chi connectivity index (χ0) is 8.72. The molecule has 2 heterocycles. The van der Waals surface area contributed by atoms with Gasteiger partial charge in [0, 0.05) is 5.69 Å². The van der Waals surface area contributed by atoms with Gasteiger partial charge in [-0.3, -0.25) is 0 Å². The van der Waals surface area contributed by atoms with Crippen LogP contribution in [0, 0.1) is 12.7 Å². The number of fused-ring (bicyclic) bond motifs is 1. The van der Waals surface area contributed by atoms with Crippen molar-refractivity contribution >= 4 is 33.2 Å². The first-order valence-electron chi connectivity index (χ1n) is 3.39. The number of pyridine rings is 1. The lowest BCUT2D eigenvalue weighted by atomic mass is 10.3. The fourth-order valence-corrected chi connectivity index (χ4v) is 2.10. The standard InChI is InChI=1S/C8H5ClFNS/c1-4-2-3-5-7(11-4)6(10)8(9)12-5/h2-3H,1H3. The molecule has 2 aromatic heterocycles.